The Morgan fingerprint density at radius 3 is 2.60 bits per heavy atom. The number of nitrogens with one attached hydrogen (secondary N) is 1. The van der Waals surface area contributed by atoms with Gasteiger partial charge in [0.05, 0.1) is 22.9 Å². The Labute approximate surface area is 122 Å². The SMILES string of the molecule is NNC(c1ccc(OC2CC2)cc1)c1ncccc1Cl. The summed E-state index contributed by atoms with van der Waals surface area (Å²) >= 11 is 6.17. The van der Waals surface area contributed by atoms with Gasteiger partial charge in [0.2, 0.25) is 0 Å². The number of ether oxygens (including phenoxy) is 1. The molecule has 0 aliphatic heterocycles. The molecule has 20 heavy (non-hydrogen) atoms. The van der Waals surface area contributed by atoms with Gasteiger partial charge in [-0.3, -0.25) is 10.8 Å². The van der Waals surface area contributed by atoms with Gasteiger partial charge in [0.1, 0.15) is 5.75 Å². The Hall–Kier alpha value is -1.62. The van der Waals surface area contributed by atoms with Gasteiger partial charge in [-0.2, -0.15) is 0 Å². The molecule has 2 aromatic rings. The van der Waals surface area contributed by atoms with Crippen LogP contribution in [0.2, 0.25) is 5.02 Å². The minimum atomic E-state index is -0.237. The van der Waals surface area contributed by atoms with Crippen molar-refractivity contribution >= 4 is 11.6 Å². The fraction of sp³-hybridized carbons (Fsp3) is 0.267. The van der Waals surface area contributed by atoms with Gasteiger partial charge in [-0.1, -0.05) is 23.7 Å². The monoisotopic (exact) mass is 289 g/mol. The standard InChI is InChI=1S/C15H16ClN3O/c16-13-2-1-9-18-15(13)14(19-17)10-3-5-11(6-4-10)20-12-7-8-12/h1-6,9,12,14,19H,7-8,17H2. The summed E-state index contributed by atoms with van der Waals surface area (Å²) < 4.78 is 5.73. The molecule has 3 N–H and O–H groups in total. The van der Waals surface area contributed by atoms with Crippen molar-refractivity contribution in [1.82, 2.24) is 10.4 Å². The highest BCUT2D eigenvalue weighted by Gasteiger charge is 2.23. The fourth-order valence-electron chi connectivity index (χ4n) is 2.06. The molecular formula is C15H16ClN3O. The zero-order valence-electron chi connectivity index (χ0n) is 10.9. The summed E-state index contributed by atoms with van der Waals surface area (Å²) in [5, 5.41) is 0.591. The first kappa shape index (κ1) is 13.4. The van der Waals surface area contributed by atoms with E-state index in [0.717, 1.165) is 24.2 Å². The molecule has 1 unspecified atom stereocenters. The smallest absolute Gasteiger partial charge is 0.119 e. The quantitative estimate of drug-likeness (QED) is 0.656. The van der Waals surface area contributed by atoms with Crippen LogP contribution in [0.25, 0.3) is 0 Å². The maximum Gasteiger partial charge on any atom is 0.119 e. The lowest BCUT2D eigenvalue weighted by Crippen LogP contribution is -2.29. The summed E-state index contributed by atoms with van der Waals surface area (Å²) in [6, 6.07) is 11.2. The Morgan fingerprint density at radius 2 is 2.00 bits per heavy atom. The van der Waals surface area contributed by atoms with E-state index in [1.807, 2.05) is 24.3 Å². The predicted octanol–water partition coefficient (Wildman–Crippen LogP) is 2.83. The van der Waals surface area contributed by atoms with Gasteiger partial charge in [0.15, 0.2) is 0 Å². The van der Waals surface area contributed by atoms with Crippen molar-refractivity contribution in [3.8, 4) is 5.75 Å². The van der Waals surface area contributed by atoms with Gasteiger partial charge in [-0.05, 0) is 42.7 Å². The first-order valence-corrected chi connectivity index (χ1v) is 6.99. The van der Waals surface area contributed by atoms with Gasteiger partial charge in [0.25, 0.3) is 0 Å². The van der Waals surface area contributed by atoms with E-state index in [0.29, 0.717) is 16.8 Å². The zero-order valence-corrected chi connectivity index (χ0v) is 11.7. The second-order valence-electron chi connectivity index (χ2n) is 4.86. The number of halogens is 1. The summed E-state index contributed by atoms with van der Waals surface area (Å²) in [4.78, 5) is 4.30. The summed E-state index contributed by atoms with van der Waals surface area (Å²) in [5.41, 5.74) is 4.47. The number of nitrogens with zero attached hydrogens (tertiary/aromatic N) is 1. The molecule has 0 amide bonds. The highest BCUT2D eigenvalue weighted by atomic mass is 35.5. The largest absolute Gasteiger partial charge is 0.490 e. The molecule has 3 rings (SSSR count). The predicted molar refractivity (Wildman–Crippen MR) is 78.5 cm³/mol. The van der Waals surface area contributed by atoms with E-state index >= 15 is 0 Å². The number of hydrogen-bond acceptors (Lipinski definition) is 4. The third kappa shape index (κ3) is 2.93. The second-order valence-corrected chi connectivity index (χ2v) is 5.26. The van der Waals surface area contributed by atoms with Gasteiger partial charge < -0.3 is 4.74 Å². The molecule has 1 atom stereocenters. The van der Waals surface area contributed by atoms with E-state index in [1.54, 1.807) is 18.3 Å². The molecule has 0 bridgehead atoms. The molecule has 1 aromatic carbocycles. The van der Waals surface area contributed by atoms with E-state index in [2.05, 4.69) is 10.4 Å². The minimum Gasteiger partial charge on any atom is -0.490 e. The number of benzene rings is 1. The Bertz CT molecular complexity index is 584. The highest BCUT2D eigenvalue weighted by Crippen LogP contribution is 2.29. The van der Waals surface area contributed by atoms with E-state index in [9.17, 15) is 0 Å². The Balaban J connectivity index is 1.83. The van der Waals surface area contributed by atoms with Gasteiger partial charge in [-0.25, -0.2) is 5.43 Å². The molecule has 5 heteroatoms. The van der Waals surface area contributed by atoms with Crippen LogP contribution in [-0.4, -0.2) is 11.1 Å². The maximum atomic E-state index is 6.17. The van der Waals surface area contributed by atoms with Crippen LogP contribution in [0.5, 0.6) is 5.75 Å². The van der Waals surface area contributed by atoms with Crippen LogP contribution in [0.1, 0.15) is 30.1 Å². The van der Waals surface area contributed by atoms with Crippen molar-refractivity contribution < 1.29 is 4.74 Å². The van der Waals surface area contributed by atoms with E-state index in [4.69, 9.17) is 22.2 Å². The number of pyridine rings is 1. The topological polar surface area (TPSA) is 60.2 Å². The molecule has 104 valence electrons. The lowest BCUT2D eigenvalue weighted by Gasteiger charge is -2.17. The normalized spacial score (nSPS) is 15.9. The molecule has 1 aliphatic carbocycles. The molecular weight excluding hydrogens is 274 g/mol. The van der Waals surface area contributed by atoms with Crippen molar-refractivity contribution in [2.45, 2.75) is 25.0 Å². The summed E-state index contributed by atoms with van der Waals surface area (Å²) in [5.74, 6) is 6.54. The van der Waals surface area contributed by atoms with Gasteiger partial charge >= 0.3 is 0 Å². The van der Waals surface area contributed by atoms with Crippen molar-refractivity contribution in [3.63, 3.8) is 0 Å². The first-order chi connectivity index (χ1) is 9.78. The van der Waals surface area contributed by atoms with Crippen LogP contribution in [0.15, 0.2) is 42.6 Å². The van der Waals surface area contributed by atoms with E-state index in [1.165, 1.54) is 0 Å². The van der Waals surface area contributed by atoms with Crippen molar-refractivity contribution in [3.05, 3.63) is 58.9 Å². The number of hydrazine groups is 1. The van der Waals surface area contributed by atoms with Crippen molar-refractivity contribution in [1.29, 1.82) is 0 Å². The Kier molecular flexibility index (Phi) is 3.87. The summed E-state index contributed by atoms with van der Waals surface area (Å²) in [7, 11) is 0. The lowest BCUT2D eigenvalue weighted by molar-refractivity contribution is 0.303. The highest BCUT2D eigenvalue weighted by molar-refractivity contribution is 6.31. The van der Waals surface area contributed by atoms with Crippen molar-refractivity contribution in [2.24, 2.45) is 5.84 Å². The third-order valence-electron chi connectivity index (χ3n) is 3.27. The average molecular weight is 290 g/mol. The number of hydrogen-bond donors (Lipinski definition) is 2. The van der Waals surface area contributed by atoms with Crippen molar-refractivity contribution in [2.75, 3.05) is 0 Å². The molecule has 4 nitrogen and oxygen atoms in total. The van der Waals surface area contributed by atoms with Crippen LogP contribution in [-0.2, 0) is 0 Å². The molecule has 1 fully saturated rings. The molecule has 1 aliphatic rings. The second kappa shape index (κ2) is 5.79. The molecule has 0 saturated heterocycles. The van der Waals surface area contributed by atoms with Crippen LogP contribution in [0.4, 0.5) is 0 Å². The summed E-state index contributed by atoms with van der Waals surface area (Å²) in [6.45, 7) is 0. The molecule has 1 aromatic heterocycles. The maximum absolute atomic E-state index is 6.17. The fourth-order valence-corrected chi connectivity index (χ4v) is 2.29. The molecule has 1 saturated carbocycles. The lowest BCUT2D eigenvalue weighted by atomic mass is 10.0. The molecule has 0 radical (unpaired) electrons. The van der Waals surface area contributed by atoms with Crippen LogP contribution in [0, 0.1) is 0 Å². The van der Waals surface area contributed by atoms with Crippen LogP contribution >= 0.6 is 11.6 Å². The number of nitrogens with two attached hydrogens (primary N) is 1. The van der Waals surface area contributed by atoms with Crippen LogP contribution in [0.3, 0.4) is 0 Å². The van der Waals surface area contributed by atoms with Gasteiger partial charge in [0, 0.05) is 6.20 Å². The number of rotatable bonds is 5. The van der Waals surface area contributed by atoms with E-state index < -0.39 is 0 Å². The zero-order chi connectivity index (χ0) is 13.9. The average Bonchev–Trinajstić information content (AvgIpc) is 3.27. The first-order valence-electron chi connectivity index (χ1n) is 6.61. The minimum absolute atomic E-state index is 0.237. The summed E-state index contributed by atoms with van der Waals surface area (Å²) in [6.07, 6.45) is 4.40. The molecule has 1 heterocycles. The van der Waals surface area contributed by atoms with Gasteiger partial charge in [-0.15, -0.1) is 0 Å². The third-order valence-corrected chi connectivity index (χ3v) is 3.59. The molecule has 0 spiro atoms. The Morgan fingerprint density at radius 1 is 1.25 bits per heavy atom. The van der Waals surface area contributed by atoms with E-state index in [-0.39, 0.29) is 6.04 Å². The number of aromatic nitrogens is 1. The van der Waals surface area contributed by atoms with Crippen LogP contribution < -0.4 is 16.0 Å².